The van der Waals surface area contributed by atoms with E-state index in [0.717, 1.165) is 5.56 Å². The van der Waals surface area contributed by atoms with Crippen LogP contribution in [0.5, 0.6) is 0 Å². The molecule has 0 bridgehead atoms. The molecule has 0 unspecified atom stereocenters. The van der Waals surface area contributed by atoms with Crippen LogP contribution in [-0.2, 0) is 11.3 Å². The predicted octanol–water partition coefficient (Wildman–Crippen LogP) is 1.66. The third-order valence-corrected chi connectivity index (χ3v) is 2.39. The van der Waals surface area contributed by atoms with E-state index in [0.29, 0.717) is 17.9 Å². The first-order valence-corrected chi connectivity index (χ1v) is 5.29. The van der Waals surface area contributed by atoms with Gasteiger partial charge in [0.25, 0.3) is 0 Å². The van der Waals surface area contributed by atoms with Crippen LogP contribution < -0.4 is 11.1 Å². The lowest BCUT2D eigenvalue weighted by Crippen LogP contribution is -2.08. The summed E-state index contributed by atoms with van der Waals surface area (Å²) in [5, 5.41) is 3.06. The molecule has 0 spiro atoms. The van der Waals surface area contributed by atoms with Crippen molar-refractivity contribution in [1.29, 1.82) is 0 Å². The molecule has 2 aromatic rings. The number of nitrogen functional groups attached to an aromatic ring is 1. The van der Waals surface area contributed by atoms with Gasteiger partial charge in [0.1, 0.15) is 5.82 Å². The Bertz CT molecular complexity index is 538. The molecular formula is C12H13N3O3. The Hall–Kier alpha value is -2.50. The monoisotopic (exact) mass is 247 g/mol. The normalized spacial score (nSPS) is 10.1. The number of hydrogen-bond acceptors (Lipinski definition) is 6. The fourth-order valence-corrected chi connectivity index (χ4v) is 1.44. The van der Waals surface area contributed by atoms with E-state index in [4.69, 9.17) is 10.2 Å². The molecule has 2 rings (SSSR count). The molecule has 18 heavy (non-hydrogen) atoms. The van der Waals surface area contributed by atoms with E-state index in [1.807, 2.05) is 6.07 Å². The molecule has 2 heterocycles. The van der Waals surface area contributed by atoms with Gasteiger partial charge >= 0.3 is 5.97 Å². The molecule has 0 radical (unpaired) electrons. The van der Waals surface area contributed by atoms with Gasteiger partial charge in [-0.1, -0.05) is 0 Å². The van der Waals surface area contributed by atoms with E-state index in [9.17, 15) is 4.79 Å². The van der Waals surface area contributed by atoms with E-state index in [1.54, 1.807) is 18.6 Å². The van der Waals surface area contributed by atoms with Crippen molar-refractivity contribution < 1.29 is 13.9 Å². The van der Waals surface area contributed by atoms with Gasteiger partial charge < -0.3 is 20.2 Å². The number of ether oxygens (including phenoxy) is 1. The zero-order valence-corrected chi connectivity index (χ0v) is 9.84. The maximum atomic E-state index is 11.4. The second kappa shape index (κ2) is 5.22. The van der Waals surface area contributed by atoms with Crippen LogP contribution >= 0.6 is 0 Å². The van der Waals surface area contributed by atoms with Gasteiger partial charge in [-0.25, -0.2) is 9.78 Å². The molecule has 0 amide bonds. The average molecular weight is 247 g/mol. The summed E-state index contributed by atoms with van der Waals surface area (Å²) in [5.74, 6) is 0.0621. The van der Waals surface area contributed by atoms with Gasteiger partial charge in [0.2, 0.25) is 0 Å². The zero-order chi connectivity index (χ0) is 13.0. The van der Waals surface area contributed by atoms with Crippen LogP contribution in [0.1, 0.15) is 15.9 Å². The molecule has 0 aliphatic heterocycles. The number of nitrogens with two attached hydrogens (primary N) is 1. The number of carbonyl (C=O) groups excluding carboxylic acids is 1. The SMILES string of the molecule is COC(=O)c1cc(NCc2ccoc2)ncc1N. The molecule has 0 atom stereocenters. The fraction of sp³-hybridized carbons (Fsp3) is 0.167. The molecule has 6 nitrogen and oxygen atoms in total. The van der Waals surface area contributed by atoms with Crippen molar-refractivity contribution in [2.75, 3.05) is 18.2 Å². The van der Waals surface area contributed by atoms with Crippen LogP contribution in [-0.4, -0.2) is 18.1 Å². The number of aromatic nitrogens is 1. The molecule has 0 aromatic carbocycles. The second-order valence-corrected chi connectivity index (χ2v) is 3.63. The Morgan fingerprint density at radius 3 is 3.11 bits per heavy atom. The van der Waals surface area contributed by atoms with Crippen LogP contribution in [0, 0.1) is 0 Å². The predicted molar refractivity (Wildman–Crippen MR) is 66.0 cm³/mol. The maximum absolute atomic E-state index is 11.4. The van der Waals surface area contributed by atoms with E-state index < -0.39 is 5.97 Å². The average Bonchev–Trinajstić information content (AvgIpc) is 2.90. The van der Waals surface area contributed by atoms with Gasteiger partial charge in [0.15, 0.2) is 0 Å². The molecule has 0 fully saturated rings. The lowest BCUT2D eigenvalue weighted by Gasteiger charge is -2.07. The summed E-state index contributed by atoms with van der Waals surface area (Å²) in [4.78, 5) is 15.5. The minimum absolute atomic E-state index is 0.288. The minimum atomic E-state index is -0.485. The summed E-state index contributed by atoms with van der Waals surface area (Å²) in [5.41, 5.74) is 7.21. The molecule has 94 valence electrons. The van der Waals surface area contributed by atoms with Crippen molar-refractivity contribution in [2.24, 2.45) is 0 Å². The van der Waals surface area contributed by atoms with Gasteiger partial charge in [-0.05, 0) is 12.1 Å². The van der Waals surface area contributed by atoms with Crippen molar-refractivity contribution in [1.82, 2.24) is 4.98 Å². The van der Waals surface area contributed by atoms with Crippen LogP contribution in [0.15, 0.2) is 35.3 Å². The van der Waals surface area contributed by atoms with E-state index in [2.05, 4.69) is 15.0 Å². The third-order valence-electron chi connectivity index (χ3n) is 2.39. The molecule has 0 saturated carbocycles. The number of methoxy groups -OCH3 is 1. The van der Waals surface area contributed by atoms with E-state index in [-0.39, 0.29) is 5.69 Å². The van der Waals surface area contributed by atoms with Crippen molar-refractivity contribution in [3.05, 3.63) is 42.0 Å². The summed E-state index contributed by atoms with van der Waals surface area (Å²) in [6, 6.07) is 3.40. The van der Waals surface area contributed by atoms with Crippen LogP contribution in [0.3, 0.4) is 0 Å². The van der Waals surface area contributed by atoms with Gasteiger partial charge in [0, 0.05) is 12.1 Å². The first kappa shape index (κ1) is 12.0. The summed E-state index contributed by atoms with van der Waals surface area (Å²) in [6.07, 6.45) is 4.64. The van der Waals surface area contributed by atoms with Gasteiger partial charge in [-0.15, -0.1) is 0 Å². The summed E-state index contributed by atoms with van der Waals surface area (Å²) in [7, 11) is 1.31. The molecular weight excluding hydrogens is 234 g/mol. The largest absolute Gasteiger partial charge is 0.472 e. The number of anilines is 2. The third kappa shape index (κ3) is 2.60. The first-order valence-electron chi connectivity index (χ1n) is 5.29. The number of hydrogen-bond donors (Lipinski definition) is 2. The highest BCUT2D eigenvalue weighted by Gasteiger charge is 2.11. The molecule has 6 heteroatoms. The minimum Gasteiger partial charge on any atom is -0.472 e. The number of nitrogens with one attached hydrogen (secondary N) is 1. The standard InChI is InChI=1S/C12H13N3O3/c1-17-12(16)9-4-11(15-6-10(9)13)14-5-8-2-3-18-7-8/h2-4,6-7H,5,13H2,1H3,(H,14,15). The van der Waals surface area contributed by atoms with Crippen molar-refractivity contribution in [3.8, 4) is 0 Å². The molecule has 3 N–H and O–H groups in total. The second-order valence-electron chi connectivity index (χ2n) is 3.63. The van der Waals surface area contributed by atoms with Crippen molar-refractivity contribution in [2.45, 2.75) is 6.54 Å². The summed E-state index contributed by atoms with van der Waals surface area (Å²) in [6.45, 7) is 0.550. The lowest BCUT2D eigenvalue weighted by atomic mass is 10.2. The smallest absolute Gasteiger partial charge is 0.340 e. The quantitative estimate of drug-likeness (QED) is 0.798. The topological polar surface area (TPSA) is 90.4 Å². The van der Waals surface area contributed by atoms with Crippen molar-refractivity contribution in [3.63, 3.8) is 0 Å². The van der Waals surface area contributed by atoms with Gasteiger partial charge in [0.05, 0.1) is 37.1 Å². The number of nitrogens with zero attached hydrogens (tertiary/aromatic N) is 1. The van der Waals surface area contributed by atoms with Gasteiger partial charge in [-0.3, -0.25) is 0 Å². The van der Waals surface area contributed by atoms with E-state index in [1.165, 1.54) is 13.3 Å². The number of esters is 1. The maximum Gasteiger partial charge on any atom is 0.340 e. The Kier molecular flexibility index (Phi) is 3.47. The highest BCUT2D eigenvalue weighted by Crippen LogP contribution is 2.16. The first-order chi connectivity index (χ1) is 8.70. The highest BCUT2D eigenvalue weighted by atomic mass is 16.5. The zero-order valence-electron chi connectivity index (χ0n) is 9.84. The van der Waals surface area contributed by atoms with E-state index >= 15 is 0 Å². The fourth-order valence-electron chi connectivity index (χ4n) is 1.44. The Balaban J connectivity index is 2.12. The number of carbonyl (C=O) groups is 1. The Morgan fingerprint density at radius 2 is 2.44 bits per heavy atom. The molecule has 0 aliphatic rings. The van der Waals surface area contributed by atoms with Crippen LogP contribution in [0.25, 0.3) is 0 Å². The van der Waals surface area contributed by atoms with Crippen LogP contribution in [0.4, 0.5) is 11.5 Å². The van der Waals surface area contributed by atoms with Crippen LogP contribution in [0.2, 0.25) is 0 Å². The number of rotatable bonds is 4. The molecule has 2 aromatic heterocycles. The molecule has 0 aliphatic carbocycles. The Labute approximate surface area is 104 Å². The highest BCUT2D eigenvalue weighted by molar-refractivity contribution is 5.95. The lowest BCUT2D eigenvalue weighted by molar-refractivity contribution is 0.0602. The molecule has 0 saturated heterocycles. The summed E-state index contributed by atoms with van der Waals surface area (Å²) >= 11 is 0. The van der Waals surface area contributed by atoms with Gasteiger partial charge in [-0.2, -0.15) is 0 Å². The summed E-state index contributed by atoms with van der Waals surface area (Å²) < 4.78 is 9.58. The Morgan fingerprint density at radius 1 is 1.61 bits per heavy atom. The van der Waals surface area contributed by atoms with Crippen molar-refractivity contribution >= 4 is 17.5 Å². The number of pyridine rings is 1. The number of furan rings is 1.